The molecule has 0 aliphatic carbocycles. The smallest absolute Gasteiger partial charge is 0.122 e. The molecule has 22 heavy (non-hydrogen) atoms. The van der Waals surface area contributed by atoms with Crippen molar-refractivity contribution in [2.45, 2.75) is 13.0 Å². The summed E-state index contributed by atoms with van der Waals surface area (Å²) in [4.78, 5) is 0. The van der Waals surface area contributed by atoms with Crippen LogP contribution in [0.5, 0.6) is 11.5 Å². The van der Waals surface area contributed by atoms with E-state index in [0.29, 0.717) is 16.6 Å². The Balaban J connectivity index is 1.92. The van der Waals surface area contributed by atoms with Crippen molar-refractivity contribution in [1.29, 1.82) is 0 Å². The summed E-state index contributed by atoms with van der Waals surface area (Å²) in [6, 6.07) is 11.5. The highest BCUT2D eigenvalue weighted by Crippen LogP contribution is 2.26. The third-order valence-electron chi connectivity index (χ3n) is 3.41. The molecule has 0 amide bonds. The van der Waals surface area contributed by atoms with Gasteiger partial charge in [-0.2, -0.15) is 0 Å². The number of methoxy groups -OCH3 is 2. The van der Waals surface area contributed by atoms with Crippen molar-refractivity contribution in [3.8, 4) is 11.5 Å². The average Bonchev–Trinajstić information content (AvgIpc) is 2.55. The summed E-state index contributed by atoms with van der Waals surface area (Å²) in [7, 11) is 3.33. The minimum atomic E-state index is 0.579. The van der Waals surface area contributed by atoms with Crippen molar-refractivity contribution in [1.82, 2.24) is 5.32 Å². The summed E-state index contributed by atoms with van der Waals surface area (Å²) >= 11 is 12.2. The second-order valence-electron chi connectivity index (χ2n) is 4.82. The van der Waals surface area contributed by atoms with E-state index in [9.17, 15) is 0 Å². The Hall–Kier alpha value is -1.42. The molecular weight excluding hydrogens is 321 g/mol. The van der Waals surface area contributed by atoms with Gasteiger partial charge < -0.3 is 14.8 Å². The quantitative estimate of drug-likeness (QED) is 0.761. The molecule has 1 N–H and O–H groups in total. The molecule has 0 bridgehead atoms. The number of hydrogen-bond acceptors (Lipinski definition) is 3. The SMILES string of the molecule is COc1ccc(OC)c(CCNCc2cccc(Cl)c2Cl)c1. The maximum absolute atomic E-state index is 6.17. The van der Waals surface area contributed by atoms with Gasteiger partial charge in [0, 0.05) is 6.54 Å². The monoisotopic (exact) mass is 339 g/mol. The molecular formula is C17H19Cl2NO2. The Morgan fingerprint density at radius 1 is 1.00 bits per heavy atom. The first-order chi connectivity index (χ1) is 10.7. The van der Waals surface area contributed by atoms with Crippen LogP contribution in [-0.4, -0.2) is 20.8 Å². The van der Waals surface area contributed by atoms with Crippen molar-refractivity contribution in [3.63, 3.8) is 0 Å². The van der Waals surface area contributed by atoms with Crippen LogP contribution in [0, 0.1) is 0 Å². The third-order valence-corrected chi connectivity index (χ3v) is 4.26. The van der Waals surface area contributed by atoms with E-state index in [1.54, 1.807) is 20.3 Å². The highest BCUT2D eigenvalue weighted by atomic mass is 35.5. The summed E-state index contributed by atoms with van der Waals surface area (Å²) in [5, 5.41) is 4.55. The predicted molar refractivity (Wildman–Crippen MR) is 91.4 cm³/mol. The van der Waals surface area contributed by atoms with Crippen LogP contribution in [0.25, 0.3) is 0 Å². The molecule has 0 aromatic heterocycles. The van der Waals surface area contributed by atoms with Gasteiger partial charge >= 0.3 is 0 Å². The van der Waals surface area contributed by atoms with Crippen LogP contribution < -0.4 is 14.8 Å². The lowest BCUT2D eigenvalue weighted by Crippen LogP contribution is -2.17. The molecule has 2 aromatic carbocycles. The van der Waals surface area contributed by atoms with Gasteiger partial charge in [0.1, 0.15) is 11.5 Å². The Morgan fingerprint density at radius 3 is 2.55 bits per heavy atom. The number of benzene rings is 2. The molecule has 118 valence electrons. The fourth-order valence-corrected chi connectivity index (χ4v) is 2.60. The van der Waals surface area contributed by atoms with Crippen molar-refractivity contribution in [2.75, 3.05) is 20.8 Å². The number of halogens is 2. The first-order valence-corrected chi connectivity index (χ1v) is 7.75. The van der Waals surface area contributed by atoms with Crippen LogP contribution >= 0.6 is 23.2 Å². The van der Waals surface area contributed by atoms with Crippen LogP contribution in [-0.2, 0) is 13.0 Å². The number of nitrogens with one attached hydrogen (secondary N) is 1. The van der Waals surface area contributed by atoms with Crippen LogP contribution in [0.15, 0.2) is 36.4 Å². The van der Waals surface area contributed by atoms with Gasteiger partial charge in [-0.3, -0.25) is 0 Å². The van der Waals surface area contributed by atoms with Gasteiger partial charge in [-0.15, -0.1) is 0 Å². The summed E-state index contributed by atoms with van der Waals surface area (Å²) < 4.78 is 10.6. The molecule has 0 aliphatic heterocycles. The van der Waals surface area contributed by atoms with Gasteiger partial charge in [-0.05, 0) is 48.4 Å². The molecule has 0 saturated carbocycles. The molecule has 2 rings (SSSR count). The minimum absolute atomic E-state index is 0.579. The predicted octanol–water partition coefficient (Wildman–Crippen LogP) is 4.34. The normalized spacial score (nSPS) is 10.5. The number of ether oxygens (including phenoxy) is 2. The zero-order valence-corrected chi connectivity index (χ0v) is 14.2. The van der Waals surface area contributed by atoms with E-state index in [1.165, 1.54) is 0 Å². The summed E-state index contributed by atoms with van der Waals surface area (Å²) in [6.07, 6.45) is 0.832. The molecule has 0 aliphatic rings. The molecule has 0 atom stereocenters. The van der Waals surface area contributed by atoms with Crippen LogP contribution in [0.4, 0.5) is 0 Å². The maximum atomic E-state index is 6.17. The van der Waals surface area contributed by atoms with Crippen molar-refractivity contribution >= 4 is 23.2 Å². The fraction of sp³-hybridized carbons (Fsp3) is 0.294. The van der Waals surface area contributed by atoms with Gasteiger partial charge in [-0.1, -0.05) is 35.3 Å². The zero-order valence-electron chi connectivity index (χ0n) is 12.7. The number of hydrogen-bond donors (Lipinski definition) is 1. The zero-order chi connectivity index (χ0) is 15.9. The lowest BCUT2D eigenvalue weighted by molar-refractivity contribution is 0.398. The molecule has 5 heteroatoms. The van der Waals surface area contributed by atoms with Crippen molar-refractivity contribution < 1.29 is 9.47 Å². The van der Waals surface area contributed by atoms with Gasteiger partial charge in [0.2, 0.25) is 0 Å². The van der Waals surface area contributed by atoms with Crippen molar-refractivity contribution in [3.05, 3.63) is 57.6 Å². The second-order valence-corrected chi connectivity index (χ2v) is 5.60. The Morgan fingerprint density at radius 2 is 1.82 bits per heavy atom. The molecule has 0 saturated heterocycles. The standard InChI is InChI=1S/C17H19Cl2NO2/c1-21-14-6-7-16(22-2)12(10-14)8-9-20-11-13-4-3-5-15(18)17(13)19/h3-7,10,20H,8-9,11H2,1-2H3. The average molecular weight is 340 g/mol. The molecule has 0 radical (unpaired) electrons. The molecule has 0 spiro atoms. The van der Waals surface area contributed by atoms with E-state index < -0.39 is 0 Å². The molecule has 0 unspecified atom stereocenters. The highest BCUT2D eigenvalue weighted by molar-refractivity contribution is 6.42. The first kappa shape index (κ1) is 16.9. The Kier molecular flexibility index (Phi) is 6.37. The maximum Gasteiger partial charge on any atom is 0.122 e. The van der Waals surface area contributed by atoms with Crippen LogP contribution in [0.3, 0.4) is 0 Å². The van der Waals surface area contributed by atoms with E-state index >= 15 is 0 Å². The largest absolute Gasteiger partial charge is 0.497 e. The lowest BCUT2D eigenvalue weighted by atomic mass is 10.1. The third kappa shape index (κ3) is 4.29. The topological polar surface area (TPSA) is 30.5 Å². The van der Waals surface area contributed by atoms with E-state index in [1.807, 2.05) is 30.3 Å². The lowest BCUT2D eigenvalue weighted by Gasteiger charge is -2.11. The molecule has 3 nitrogen and oxygen atoms in total. The fourth-order valence-electron chi connectivity index (χ4n) is 2.21. The summed E-state index contributed by atoms with van der Waals surface area (Å²) in [5.74, 6) is 1.69. The molecule has 0 heterocycles. The van der Waals surface area contributed by atoms with Gasteiger partial charge in [0.25, 0.3) is 0 Å². The molecule has 2 aromatic rings. The van der Waals surface area contributed by atoms with Gasteiger partial charge in [0.05, 0.1) is 24.3 Å². The summed E-state index contributed by atoms with van der Waals surface area (Å²) in [5.41, 5.74) is 2.10. The minimum Gasteiger partial charge on any atom is -0.497 e. The molecule has 0 fully saturated rings. The summed E-state index contributed by atoms with van der Waals surface area (Å²) in [6.45, 7) is 1.47. The number of rotatable bonds is 7. The highest BCUT2D eigenvalue weighted by Gasteiger charge is 2.06. The van der Waals surface area contributed by atoms with Crippen LogP contribution in [0.2, 0.25) is 10.0 Å². The van der Waals surface area contributed by atoms with Crippen molar-refractivity contribution in [2.24, 2.45) is 0 Å². The van der Waals surface area contributed by atoms with Crippen LogP contribution in [0.1, 0.15) is 11.1 Å². The van der Waals surface area contributed by atoms with Gasteiger partial charge in [0.15, 0.2) is 0 Å². The Bertz CT molecular complexity index is 632. The first-order valence-electron chi connectivity index (χ1n) is 7.00. The van der Waals surface area contributed by atoms with E-state index in [2.05, 4.69) is 5.32 Å². The van der Waals surface area contributed by atoms with E-state index in [4.69, 9.17) is 32.7 Å². The Labute approximate surface area is 141 Å². The van der Waals surface area contributed by atoms with E-state index in [0.717, 1.165) is 35.6 Å². The van der Waals surface area contributed by atoms with Gasteiger partial charge in [-0.25, -0.2) is 0 Å². The van der Waals surface area contributed by atoms with E-state index in [-0.39, 0.29) is 0 Å². The second kappa shape index (κ2) is 8.28.